The van der Waals surface area contributed by atoms with Gasteiger partial charge in [0, 0.05) is 23.4 Å². The second-order valence-corrected chi connectivity index (χ2v) is 4.80. The van der Waals surface area contributed by atoms with Crippen LogP contribution in [0.5, 0.6) is 5.75 Å². The van der Waals surface area contributed by atoms with E-state index in [-0.39, 0.29) is 0 Å². The molecule has 76 valence electrons. The molecular weight excluding hydrogens is 196 g/mol. The third-order valence-corrected chi connectivity index (χ3v) is 3.66. The summed E-state index contributed by atoms with van der Waals surface area (Å²) in [5.74, 6) is 0.335. The van der Waals surface area contributed by atoms with E-state index < -0.39 is 0 Å². The van der Waals surface area contributed by atoms with Gasteiger partial charge in [-0.3, -0.25) is 0 Å². The molecule has 1 saturated heterocycles. The zero-order valence-corrected chi connectivity index (χ0v) is 8.80. The number of rotatable bonds is 2. The Morgan fingerprint density at radius 1 is 1.14 bits per heavy atom. The van der Waals surface area contributed by atoms with E-state index in [0.717, 1.165) is 26.1 Å². The first-order chi connectivity index (χ1) is 6.84. The van der Waals surface area contributed by atoms with Crippen LogP contribution in [0, 0.1) is 0 Å². The number of phenolic OH excluding ortho intramolecular Hbond substituents is 1. The first-order valence-corrected chi connectivity index (χ1v) is 5.76. The maximum Gasteiger partial charge on any atom is 0.115 e. The molecule has 0 aromatic heterocycles. The highest BCUT2D eigenvalue weighted by Crippen LogP contribution is 2.30. The second-order valence-electron chi connectivity index (χ2n) is 3.42. The van der Waals surface area contributed by atoms with Crippen molar-refractivity contribution in [3.8, 4) is 5.75 Å². The van der Waals surface area contributed by atoms with E-state index in [0.29, 0.717) is 11.0 Å². The van der Waals surface area contributed by atoms with Gasteiger partial charge >= 0.3 is 0 Å². The van der Waals surface area contributed by atoms with Crippen molar-refractivity contribution in [3.63, 3.8) is 0 Å². The van der Waals surface area contributed by atoms with Gasteiger partial charge in [0.15, 0.2) is 0 Å². The molecule has 0 atom stereocenters. The Morgan fingerprint density at radius 3 is 2.43 bits per heavy atom. The Bertz CT molecular complexity index is 278. The van der Waals surface area contributed by atoms with Crippen molar-refractivity contribution in [1.29, 1.82) is 0 Å². The van der Waals surface area contributed by atoms with Crippen molar-refractivity contribution < 1.29 is 9.84 Å². The summed E-state index contributed by atoms with van der Waals surface area (Å²) in [4.78, 5) is 1.23. The van der Waals surface area contributed by atoms with Gasteiger partial charge in [-0.2, -0.15) is 0 Å². The fraction of sp³-hybridized carbons (Fsp3) is 0.455. The molecule has 2 nitrogen and oxygen atoms in total. The van der Waals surface area contributed by atoms with Gasteiger partial charge in [-0.1, -0.05) is 0 Å². The van der Waals surface area contributed by atoms with Gasteiger partial charge < -0.3 is 9.84 Å². The molecule has 1 aliphatic heterocycles. The SMILES string of the molecule is Oc1ccc(SC2CCOCC2)cc1. The smallest absolute Gasteiger partial charge is 0.115 e. The van der Waals surface area contributed by atoms with E-state index in [1.54, 1.807) is 12.1 Å². The van der Waals surface area contributed by atoms with E-state index in [4.69, 9.17) is 9.84 Å². The lowest BCUT2D eigenvalue weighted by atomic mass is 10.2. The van der Waals surface area contributed by atoms with Gasteiger partial charge in [-0.05, 0) is 37.1 Å². The van der Waals surface area contributed by atoms with Crippen LogP contribution in [-0.4, -0.2) is 23.6 Å². The number of hydrogen-bond acceptors (Lipinski definition) is 3. The third-order valence-electron chi connectivity index (χ3n) is 2.31. The van der Waals surface area contributed by atoms with Crippen LogP contribution in [-0.2, 0) is 4.74 Å². The Balaban J connectivity index is 1.92. The second kappa shape index (κ2) is 4.71. The topological polar surface area (TPSA) is 29.5 Å². The van der Waals surface area contributed by atoms with Crippen molar-refractivity contribution in [3.05, 3.63) is 24.3 Å². The van der Waals surface area contributed by atoms with E-state index in [1.807, 2.05) is 23.9 Å². The summed E-state index contributed by atoms with van der Waals surface area (Å²) in [6.07, 6.45) is 2.26. The lowest BCUT2D eigenvalue weighted by molar-refractivity contribution is 0.100. The highest BCUT2D eigenvalue weighted by Gasteiger charge is 2.14. The Hall–Kier alpha value is -0.670. The molecule has 0 aliphatic carbocycles. The summed E-state index contributed by atoms with van der Waals surface area (Å²) in [5, 5.41) is 9.81. The zero-order chi connectivity index (χ0) is 9.80. The standard InChI is InChI=1S/C11H14O2S/c12-9-1-3-10(4-2-9)14-11-5-7-13-8-6-11/h1-4,11-12H,5-8H2. The quantitative estimate of drug-likeness (QED) is 0.813. The minimum Gasteiger partial charge on any atom is -0.508 e. The Labute approximate surface area is 88.3 Å². The first kappa shape index (κ1) is 9.87. The lowest BCUT2D eigenvalue weighted by Crippen LogP contribution is -2.17. The molecule has 1 aliphatic rings. The van der Waals surface area contributed by atoms with Crippen LogP contribution < -0.4 is 0 Å². The minimum atomic E-state index is 0.335. The summed E-state index contributed by atoms with van der Waals surface area (Å²) in [5.41, 5.74) is 0. The van der Waals surface area contributed by atoms with Gasteiger partial charge in [-0.25, -0.2) is 0 Å². The van der Waals surface area contributed by atoms with Crippen molar-refractivity contribution in [2.45, 2.75) is 23.0 Å². The van der Waals surface area contributed by atoms with Crippen LogP contribution in [0.3, 0.4) is 0 Å². The molecule has 3 heteroatoms. The van der Waals surface area contributed by atoms with Crippen LogP contribution in [0.25, 0.3) is 0 Å². The van der Waals surface area contributed by atoms with Gasteiger partial charge in [0.1, 0.15) is 5.75 Å². The normalized spacial score (nSPS) is 18.3. The minimum absolute atomic E-state index is 0.335. The molecule has 14 heavy (non-hydrogen) atoms. The van der Waals surface area contributed by atoms with Gasteiger partial charge in [0.25, 0.3) is 0 Å². The van der Waals surface area contributed by atoms with Crippen molar-refractivity contribution in [1.82, 2.24) is 0 Å². The molecule has 1 heterocycles. The first-order valence-electron chi connectivity index (χ1n) is 4.88. The summed E-state index contributed by atoms with van der Waals surface area (Å²) < 4.78 is 5.30. The van der Waals surface area contributed by atoms with Crippen LogP contribution in [0.15, 0.2) is 29.2 Å². The number of hydrogen-bond donors (Lipinski definition) is 1. The maximum atomic E-state index is 9.13. The number of thioether (sulfide) groups is 1. The average molecular weight is 210 g/mol. The third kappa shape index (κ3) is 2.66. The largest absolute Gasteiger partial charge is 0.508 e. The molecule has 2 rings (SSSR count). The predicted molar refractivity (Wildman–Crippen MR) is 57.8 cm³/mol. The van der Waals surface area contributed by atoms with Crippen LogP contribution in [0.4, 0.5) is 0 Å². The summed E-state index contributed by atoms with van der Waals surface area (Å²) >= 11 is 1.88. The molecule has 0 unspecified atom stereocenters. The fourth-order valence-corrected chi connectivity index (χ4v) is 2.62. The Morgan fingerprint density at radius 2 is 1.79 bits per heavy atom. The Kier molecular flexibility index (Phi) is 3.32. The summed E-state index contributed by atoms with van der Waals surface area (Å²) in [6.45, 7) is 1.77. The zero-order valence-electron chi connectivity index (χ0n) is 7.98. The predicted octanol–water partition coefficient (Wildman–Crippen LogP) is 2.66. The summed E-state index contributed by atoms with van der Waals surface area (Å²) in [7, 11) is 0. The van der Waals surface area contributed by atoms with Gasteiger partial charge in [0.2, 0.25) is 0 Å². The lowest BCUT2D eigenvalue weighted by Gasteiger charge is -2.21. The molecule has 0 radical (unpaired) electrons. The molecule has 0 bridgehead atoms. The molecule has 0 spiro atoms. The molecule has 0 amide bonds. The van der Waals surface area contributed by atoms with Crippen molar-refractivity contribution >= 4 is 11.8 Å². The average Bonchev–Trinajstić information content (AvgIpc) is 2.23. The molecule has 1 fully saturated rings. The van der Waals surface area contributed by atoms with E-state index in [1.165, 1.54) is 4.90 Å². The highest BCUT2D eigenvalue weighted by molar-refractivity contribution is 8.00. The number of aromatic hydroxyl groups is 1. The molecule has 0 saturated carbocycles. The van der Waals surface area contributed by atoms with Crippen molar-refractivity contribution in [2.24, 2.45) is 0 Å². The van der Waals surface area contributed by atoms with Gasteiger partial charge in [-0.15, -0.1) is 11.8 Å². The van der Waals surface area contributed by atoms with Crippen LogP contribution in [0.2, 0.25) is 0 Å². The number of phenols is 1. The fourth-order valence-electron chi connectivity index (χ4n) is 1.51. The number of ether oxygens (including phenoxy) is 1. The van der Waals surface area contributed by atoms with Gasteiger partial charge in [0.05, 0.1) is 0 Å². The van der Waals surface area contributed by atoms with Crippen LogP contribution in [0.1, 0.15) is 12.8 Å². The monoisotopic (exact) mass is 210 g/mol. The molecular formula is C11H14O2S. The van der Waals surface area contributed by atoms with E-state index in [2.05, 4.69) is 0 Å². The highest BCUT2D eigenvalue weighted by atomic mass is 32.2. The molecule has 1 aromatic carbocycles. The van der Waals surface area contributed by atoms with E-state index in [9.17, 15) is 0 Å². The maximum absolute atomic E-state index is 9.13. The van der Waals surface area contributed by atoms with Crippen molar-refractivity contribution in [2.75, 3.05) is 13.2 Å². The summed E-state index contributed by atoms with van der Waals surface area (Å²) in [6, 6.07) is 7.41. The molecule has 1 N–H and O–H groups in total. The molecule has 1 aromatic rings. The number of benzene rings is 1. The van der Waals surface area contributed by atoms with E-state index >= 15 is 0 Å². The van der Waals surface area contributed by atoms with Crippen LogP contribution >= 0.6 is 11.8 Å².